The molecule has 86 valence electrons. The Bertz CT molecular complexity index is 430. The van der Waals surface area contributed by atoms with Crippen molar-refractivity contribution >= 4 is 34.8 Å². The fraction of sp³-hybridized carbons (Fsp3) is 0.364. The van der Waals surface area contributed by atoms with Crippen molar-refractivity contribution in [3.05, 3.63) is 28.2 Å². The first kappa shape index (κ1) is 11.7. The molecule has 0 aromatic heterocycles. The average molecular weight is 260 g/mol. The predicted molar refractivity (Wildman–Crippen MR) is 64.1 cm³/mol. The molecule has 1 aromatic rings. The van der Waals surface area contributed by atoms with Crippen molar-refractivity contribution in [2.24, 2.45) is 0 Å². The standard InChI is InChI=1S/C11H11Cl2NO2/c1-16-11(4-5-11)10(15)14-7-2-3-8(12)9(13)6-7/h2-3,6H,4-5H2,1H3,(H,14,15). The molecule has 0 heterocycles. The molecule has 5 heteroatoms. The molecule has 0 spiro atoms. The summed E-state index contributed by atoms with van der Waals surface area (Å²) >= 11 is 11.6. The van der Waals surface area contributed by atoms with Crippen molar-refractivity contribution in [1.82, 2.24) is 0 Å². The van der Waals surface area contributed by atoms with Gasteiger partial charge in [-0.15, -0.1) is 0 Å². The first-order chi connectivity index (χ1) is 7.57. The third kappa shape index (κ3) is 2.17. The van der Waals surface area contributed by atoms with Crippen LogP contribution in [0, 0.1) is 0 Å². The van der Waals surface area contributed by atoms with Gasteiger partial charge in [0.1, 0.15) is 5.60 Å². The first-order valence-electron chi connectivity index (χ1n) is 4.89. The lowest BCUT2D eigenvalue weighted by atomic mass is 10.2. The zero-order chi connectivity index (χ0) is 11.8. The van der Waals surface area contributed by atoms with E-state index in [9.17, 15) is 4.79 Å². The van der Waals surface area contributed by atoms with Crippen LogP contribution >= 0.6 is 23.2 Å². The highest BCUT2D eigenvalue weighted by Gasteiger charge is 2.50. The number of halogens is 2. The average Bonchev–Trinajstić information content (AvgIpc) is 3.04. The molecule has 1 aliphatic rings. The SMILES string of the molecule is COC1(C(=O)Nc2ccc(Cl)c(Cl)c2)CC1. The van der Waals surface area contributed by atoms with Crippen molar-refractivity contribution in [3.8, 4) is 0 Å². The van der Waals surface area contributed by atoms with E-state index in [4.69, 9.17) is 27.9 Å². The second kappa shape index (κ2) is 4.24. The van der Waals surface area contributed by atoms with Gasteiger partial charge in [-0.25, -0.2) is 0 Å². The Balaban J connectivity index is 2.09. The van der Waals surface area contributed by atoms with Gasteiger partial charge in [-0.05, 0) is 31.0 Å². The first-order valence-corrected chi connectivity index (χ1v) is 5.65. The topological polar surface area (TPSA) is 38.3 Å². The molecule has 1 N–H and O–H groups in total. The van der Waals surface area contributed by atoms with Crippen LogP contribution < -0.4 is 5.32 Å². The maximum absolute atomic E-state index is 11.8. The van der Waals surface area contributed by atoms with E-state index in [-0.39, 0.29) is 5.91 Å². The van der Waals surface area contributed by atoms with Crippen molar-refractivity contribution in [1.29, 1.82) is 0 Å². The normalized spacial score (nSPS) is 16.9. The number of rotatable bonds is 3. The monoisotopic (exact) mass is 259 g/mol. The Morgan fingerprint density at radius 1 is 1.38 bits per heavy atom. The summed E-state index contributed by atoms with van der Waals surface area (Å²) in [7, 11) is 1.54. The number of ether oxygens (including phenoxy) is 1. The largest absolute Gasteiger partial charge is 0.368 e. The van der Waals surface area contributed by atoms with Gasteiger partial charge in [0.25, 0.3) is 5.91 Å². The fourth-order valence-electron chi connectivity index (χ4n) is 1.46. The maximum Gasteiger partial charge on any atom is 0.256 e. The van der Waals surface area contributed by atoms with Gasteiger partial charge >= 0.3 is 0 Å². The van der Waals surface area contributed by atoms with Gasteiger partial charge in [-0.1, -0.05) is 23.2 Å². The van der Waals surface area contributed by atoms with E-state index >= 15 is 0 Å². The van der Waals surface area contributed by atoms with Crippen molar-refractivity contribution in [3.63, 3.8) is 0 Å². The van der Waals surface area contributed by atoms with Crippen LogP contribution in [0.1, 0.15) is 12.8 Å². The number of methoxy groups -OCH3 is 1. The minimum atomic E-state index is -0.633. The highest BCUT2D eigenvalue weighted by molar-refractivity contribution is 6.42. The number of carbonyl (C=O) groups excluding carboxylic acids is 1. The third-order valence-electron chi connectivity index (χ3n) is 2.69. The number of hydrogen-bond donors (Lipinski definition) is 1. The zero-order valence-electron chi connectivity index (χ0n) is 8.72. The molecular formula is C11H11Cl2NO2. The maximum atomic E-state index is 11.8. The van der Waals surface area contributed by atoms with Crippen molar-refractivity contribution < 1.29 is 9.53 Å². The number of nitrogens with one attached hydrogen (secondary N) is 1. The van der Waals surface area contributed by atoms with Crippen LogP contribution in [0.25, 0.3) is 0 Å². The van der Waals surface area contributed by atoms with Gasteiger partial charge in [0.15, 0.2) is 0 Å². The Morgan fingerprint density at radius 3 is 2.56 bits per heavy atom. The van der Waals surface area contributed by atoms with Crippen molar-refractivity contribution in [2.45, 2.75) is 18.4 Å². The van der Waals surface area contributed by atoms with Crippen molar-refractivity contribution in [2.75, 3.05) is 12.4 Å². The second-order valence-electron chi connectivity index (χ2n) is 3.78. The summed E-state index contributed by atoms with van der Waals surface area (Å²) in [6.07, 6.45) is 1.52. The van der Waals surface area contributed by atoms with Gasteiger partial charge in [0.2, 0.25) is 0 Å². The van der Waals surface area contributed by atoms with Crippen LogP contribution in [-0.4, -0.2) is 18.6 Å². The van der Waals surface area contributed by atoms with Gasteiger partial charge in [0, 0.05) is 12.8 Å². The second-order valence-corrected chi connectivity index (χ2v) is 4.60. The molecule has 1 aliphatic carbocycles. The molecule has 0 saturated heterocycles. The summed E-state index contributed by atoms with van der Waals surface area (Å²) in [5.41, 5.74) is -0.00530. The van der Waals surface area contributed by atoms with E-state index in [0.29, 0.717) is 15.7 Å². The lowest BCUT2D eigenvalue weighted by Crippen LogP contribution is -2.31. The van der Waals surface area contributed by atoms with Crippen LogP contribution in [-0.2, 0) is 9.53 Å². The Morgan fingerprint density at radius 2 is 2.06 bits per heavy atom. The van der Waals surface area contributed by atoms with Crippen LogP contribution in [0.5, 0.6) is 0 Å². The van der Waals surface area contributed by atoms with Gasteiger partial charge < -0.3 is 10.1 Å². The van der Waals surface area contributed by atoms with E-state index in [0.717, 1.165) is 12.8 Å². The summed E-state index contributed by atoms with van der Waals surface area (Å²) in [6, 6.07) is 4.97. The summed E-state index contributed by atoms with van der Waals surface area (Å²) in [6.45, 7) is 0. The molecule has 16 heavy (non-hydrogen) atoms. The molecular weight excluding hydrogens is 249 g/mol. The molecule has 1 fully saturated rings. The minimum Gasteiger partial charge on any atom is -0.368 e. The number of anilines is 1. The van der Waals surface area contributed by atoms with Gasteiger partial charge in [0.05, 0.1) is 10.0 Å². The molecule has 1 amide bonds. The number of benzene rings is 1. The van der Waals surface area contributed by atoms with E-state index in [2.05, 4.69) is 5.32 Å². The molecule has 0 bridgehead atoms. The molecule has 0 aliphatic heterocycles. The highest BCUT2D eigenvalue weighted by Crippen LogP contribution is 2.40. The smallest absolute Gasteiger partial charge is 0.256 e. The summed E-state index contributed by atoms with van der Waals surface area (Å²) in [4.78, 5) is 11.8. The Hall–Kier alpha value is -0.770. The van der Waals surface area contributed by atoms with Crippen LogP contribution in [0.2, 0.25) is 10.0 Å². The number of carbonyl (C=O) groups is 1. The molecule has 0 atom stereocenters. The number of hydrogen-bond acceptors (Lipinski definition) is 2. The lowest BCUT2D eigenvalue weighted by Gasteiger charge is -2.13. The summed E-state index contributed by atoms with van der Waals surface area (Å²) < 4.78 is 5.17. The number of amides is 1. The molecule has 0 unspecified atom stereocenters. The molecule has 0 radical (unpaired) electrons. The van der Waals surface area contributed by atoms with E-state index in [1.54, 1.807) is 25.3 Å². The quantitative estimate of drug-likeness (QED) is 0.906. The molecule has 3 nitrogen and oxygen atoms in total. The molecule has 1 aromatic carbocycles. The van der Waals surface area contributed by atoms with E-state index in [1.165, 1.54) is 0 Å². The van der Waals surface area contributed by atoms with E-state index < -0.39 is 5.60 Å². The molecule has 2 rings (SSSR count). The minimum absolute atomic E-state index is 0.131. The van der Waals surface area contributed by atoms with Gasteiger partial charge in [-0.2, -0.15) is 0 Å². The predicted octanol–water partition coefficient (Wildman–Crippen LogP) is 3.11. The van der Waals surface area contributed by atoms with Gasteiger partial charge in [-0.3, -0.25) is 4.79 Å². The fourth-order valence-corrected chi connectivity index (χ4v) is 1.75. The van der Waals surface area contributed by atoms with Crippen LogP contribution in [0.4, 0.5) is 5.69 Å². The third-order valence-corrected chi connectivity index (χ3v) is 3.43. The Kier molecular flexibility index (Phi) is 3.10. The summed E-state index contributed by atoms with van der Waals surface area (Å²) in [5.74, 6) is -0.131. The summed E-state index contributed by atoms with van der Waals surface area (Å²) in [5, 5.41) is 3.64. The Labute approximate surface area is 104 Å². The van der Waals surface area contributed by atoms with Crippen LogP contribution in [0.15, 0.2) is 18.2 Å². The molecule has 1 saturated carbocycles. The highest BCUT2D eigenvalue weighted by atomic mass is 35.5. The van der Waals surface area contributed by atoms with E-state index in [1.807, 2.05) is 0 Å². The lowest BCUT2D eigenvalue weighted by molar-refractivity contribution is -0.128. The zero-order valence-corrected chi connectivity index (χ0v) is 10.2. The van der Waals surface area contributed by atoms with Crippen LogP contribution in [0.3, 0.4) is 0 Å².